The monoisotopic (exact) mass is 314 g/mol. The number of rotatable bonds is 2. The Hall–Kier alpha value is -0.140. The van der Waals surface area contributed by atoms with Crippen molar-refractivity contribution >= 4 is 29.9 Å². The van der Waals surface area contributed by atoms with E-state index in [1.54, 1.807) is 12.1 Å². The average Bonchev–Trinajstić information content (AvgIpc) is 2.03. The summed E-state index contributed by atoms with van der Waals surface area (Å²) in [4.78, 5) is 4.31. The Bertz CT molecular complexity index is 380. The summed E-state index contributed by atoms with van der Waals surface area (Å²) in [6.45, 7) is 0. The summed E-state index contributed by atoms with van der Waals surface area (Å²) in [6.07, 6.45) is 0. The van der Waals surface area contributed by atoms with Gasteiger partial charge in [-0.2, -0.15) is 0 Å². The second-order valence-corrected chi connectivity index (χ2v) is 9.67. The third kappa shape index (κ3) is 2.92. The molecule has 5 heteroatoms. The van der Waals surface area contributed by atoms with E-state index in [1.807, 2.05) is 0 Å². The van der Waals surface area contributed by atoms with Crippen LogP contribution in [0.5, 0.6) is 0 Å². The molecule has 1 rings (SSSR count). The first-order valence-corrected chi connectivity index (χ1v) is 10.3. The number of hydrogen-bond acceptors (Lipinski definition) is 2. The summed E-state index contributed by atoms with van der Waals surface area (Å²) < 4.78 is 31.3. The zero-order chi connectivity index (χ0) is 10.1. The van der Waals surface area contributed by atoms with Gasteiger partial charge in [-0.25, -0.2) is 0 Å². The van der Waals surface area contributed by atoms with E-state index in [-0.39, 0.29) is 4.90 Å². The van der Waals surface area contributed by atoms with Gasteiger partial charge >= 0.3 is 85.5 Å². The van der Waals surface area contributed by atoms with E-state index >= 15 is 0 Å². The average molecular weight is 314 g/mol. The van der Waals surface area contributed by atoms with Gasteiger partial charge in [-0.05, 0) is 0 Å². The normalized spacial score (nSPS) is 12.7. The molecule has 0 fully saturated rings. The minimum atomic E-state index is -4.03. The van der Waals surface area contributed by atoms with Gasteiger partial charge in [-0.3, -0.25) is 0 Å². The van der Waals surface area contributed by atoms with Gasteiger partial charge in [-0.1, -0.05) is 0 Å². The molecule has 0 saturated heterocycles. The van der Waals surface area contributed by atoms with Crippen molar-refractivity contribution in [1.29, 1.82) is 0 Å². The fraction of sp³-hybridized carbons (Fsp3) is 0.250. The van der Waals surface area contributed by atoms with Crippen LogP contribution in [0.3, 0.4) is 0 Å². The van der Waals surface area contributed by atoms with Gasteiger partial charge in [-0.15, -0.1) is 0 Å². The Morgan fingerprint density at radius 1 is 1.15 bits per heavy atom. The first kappa shape index (κ1) is 10.9. The van der Waals surface area contributed by atoms with Crippen LogP contribution in [0.15, 0.2) is 29.2 Å². The van der Waals surface area contributed by atoms with Gasteiger partial charge in [0, 0.05) is 0 Å². The summed E-state index contributed by atoms with van der Waals surface area (Å²) >= 11 is -1.04. The molecule has 0 aliphatic heterocycles. The van der Waals surface area contributed by atoms with Gasteiger partial charge in [0.05, 0.1) is 0 Å². The molecule has 1 aromatic rings. The minimum absolute atomic E-state index is 0.0334. The van der Waals surface area contributed by atoms with Gasteiger partial charge in [0.15, 0.2) is 0 Å². The third-order valence-electron chi connectivity index (χ3n) is 1.55. The Morgan fingerprint density at radius 2 is 1.62 bits per heavy atom. The predicted molar refractivity (Wildman–Crippen MR) is 60.8 cm³/mol. The van der Waals surface area contributed by atoms with E-state index in [2.05, 4.69) is 9.86 Å². The van der Waals surface area contributed by atoms with Crippen LogP contribution in [0.4, 0.5) is 0 Å². The van der Waals surface area contributed by atoms with Crippen LogP contribution < -0.4 is 0 Å². The standard InChI is InChI=1S/C8H11IO3S/c1-9(2)7-3-5-8(6-4-7)13(10,11)12/h3-6H,1-2H3,(H,10,11,12). The molecule has 13 heavy (non-hydrogen) atoms. The molecule has 0 bridgehead atoms. The molecular formula is C8H11IO3S. The fourth-order valence-electron chi connectivity index (χ4n) is 0.859. The van der Waals surface area contributed by atoms with Crippen LogP contribution >= 0.6 is 19.8 Å². The molecule has 0 saturated carbocycles. The van der Waals surface area contributed by atoms with E-state index in [1.165, 1.54) is 15.7 Å². The van der Waals surface area contributed by atoms with Crippen molar-refractivity contribution in [2.75, 3.05) is 9.86 Å². The van der Waals surface area contributed by atoms with Crippen molar-refractivity contribution in [3.63, 3.8) is 0 Å². The second-order valence-electron chi connectivity index (χ2n) is 2.68. The molecule has 0 spiro atoms. The molecule has 0 atom stereocenters. The first-order valence-electron chi connectivity index (χ1n) is 3.49. The van der Waals surface area contributed by atoms with E-state index in [9.17, 15) is 8.42 Å². The molecule has 0 aromatic heterocycles. The van der Waals surface area contributed by atoms with E-state index < -0.39 is 29.9 Å². The van der Waals surface area contributed by atoms with Gasteiger partial charge in [0.25, 0.3) is 0 Å². The topological polar surface area (TPSA) is 54.4 Å². The SMILES string of the molecule is CI(C)c1ccc(S(=O)(=O)O)cc1. The number of alkyl halides is 2. The second kappa shape index (κ2) is 3.93. The molecule has 0 amide bonds. The molecule has 0 unspecified atom stereocenters. The van der Waals surface area contributed by atoms with Crippen molar-refractivity contribution in [3.05, 3.63) is 27.8 Å². The fourth-order valence-corrected chi connectivity index (χ4v) is 3.14. The third-order valence-corrected chi connectivity index (χ3v) is 5.63. The summed E-state index contributed by atoms with van der Waals surface area (Å²) in [5.41, 5.74) is 0. The van der Waals surface area contributed by atoms with Gasteiger partial charge in [0.1, 0.15) is 0 Å². The van der Waals surface area contributed by atoms with Crippen molar-refractivity contribution in [2.45, 2.75) is 4.90 Å². The Kier molecular flexibility index (Phi) is 3.31. The quantitative estimate of drug-likeness (QED) is 0.515. The first-order chi connectivity index (χ1) is 5.91. The maximum atomic E-state index is 10.7. The van der Waals surface area contributed by atoms with Crippen LogP contribution in [0.2, 0.25) is 0 Å². The van der Waals surface area contributed by atoms with Crippen LogP contribution in [-0.4, -0.2) is 22.8 Å². The van der Waals surface area contributed by atoms with Gasteiger partial charge in [0.2, 0.25) is 0 Å². The van der Waals surface area contributed by atoms with E-state index in [0.717, 1.165) is 0 Å². The molecule has 74 valence electrons. The number of halogens is 1. The Labute approximate surface area is 85.3 Å². The molecule has 0 radical (unpaired) electrons. The molecular weight excluding hydrogens is 303 g/mol. The summed E-state index contributed by atoms with van der Waals surface area (Å²) in [5.74, 6) is 0. The van der Waals surface area contributed by atoms with Crippen molar-refractivity contribution in [2.24, 2.45) is 0 Å². The zero-order valence-electron chi connectivity index (χ0n) is 7.36. The Morgan fingerprint density at radius 3 is 1.92 bits per heavy atom. The molecule has 1 aromatic carbocycles. The maximum absolute atomic E-state index is 10.7. The van der Waals surface area contributed by atoms with Crippen LogP contribution in [-0.2, 0) is 10.1 Å². The van der Waals surface area contributed by atoms with E-state index in [4.69, 9.17) is 4.55 Å². The summed E-state index contributed by atoms with van der Waals surface area (Å²) in [7, 11) is -4.03. The van der Waals surface area contributed by atoms with Gasteiger partial charge < -0.3 is 0 Å². The van der Waals surface area contributed by atoms with Crippen molar-refractivity contribution < 1.29 is 13.0 Å². The molecule has 3 nitrogen and oxygen atoms in total. The van der Waals surface area contributed by atoms with Crippen LogP contribution in [0.1, 0.15) is 0 Å². The Balaban J connectivity index is 3.08. The van der Waals surface area contributed by atoms with Crippen molar-refractivity contribution in [3.8, 4) is 0 Å². The molecule has 1 N–H and O–H groups in total. The number of hydrogen-bond donors (Lipinski definition) is 1. The van der Waals surface area contributed by atoms with E-state index in [0.29, 0.717) is 0 Å². The molecule has 0 aliphatic rings. The molecule has 0 heterocycles. The van der Waals surface area contributed by atoms with Crippen LogP contribution in [0, 0.1) is 3.57 Å². The van der Waals surface area contributed by atoms with Crippen LogP contribution in [0.25, 0.3) is 0 Å². The predicted octanol–water partition coefficient (Wildman–Crippen LogP) is 1.87. The summed E-state index contributed by atoms with van der Waals surface area (Å²) in [6, 6.07) is 6.44. The van der Waals surface area contributed by atoms with Crippen molar-refractivity contribution in [1.82, 2.24) is 0 Å². The molecule has 0 aliphatic carbocycles. The summed E-state index contributed by atoms with van der Waals surface area (Å²) in [5, 5.41) is 0. The zero-order valence-corrected chi connectivity index (χ0v) is 10.3. The number of benzene rings is 1.